The van der Waals surface area contributed by atoms with Gasteiger partial charge < -0.3 is 9.72 Å². The number of nitrogens with zero attached hydrogens (tertiary/aromatic N) is 3. The van der Waals surface area contributed by atoms with Gasteiger partial charge in [-0.3, -0.25) is 4.90 Å². The number of morpholine rings is 1. The van der Waals surface area contributed by atoms with E-state index in [4.69, 9.17) is 4.74 Å². The normalized spacial score (nSPS) is 19.2. The Bertz CT molecular complexity index is 779. The summed E-state index contributed by atoms with van der Waals surface area (Å²) in [4.78, 5) is 14.3. The SMILES string of the molecule is C1CCC(N2CCOCC2)CC1.[HH].c1cnc2[nH]cc(-c3cscn3)c2c1. The second-order valence-corrected chi connectivity index (χ2v) is 7.63. The van der Waals surface area contributed by atoms with Crippen LogP contribution in [0.5, 0.6) is 0 Å². The molecule has 0 bridgehead atoms. The number of hydrogen-bond donors (Lipinski definition) is 1. The standard InChI is InChI=1S/C10H7N3S.C10H19NO.H2/c1-2-7-8(9-5-14-6-13-9)4-12-10(7)11-3-1;1-2-4-10(5-3-1)11-6-8-12-9-7-11;/h1-6H,(H,11,12);10H,1-9H2;1H. The van der Waals surface area contributed by atoms with Gasteiger partial charge in [0.05, 0.1) is 24.4 Å². The van der Waals surface area contributed by atoms with E-state index in [9.17, 15) is 0 Å². The van der Waals surface area contributed by atoms with Crippen LogP contribution in [0.1, 0.15) is 33.5 Å². The molecule has 3 aromatic heterocycles. The first-order chi connectivity index (χ1) is 12.9. The highest BCUT2D eigenvalue weighted by Gasteiger charge is 2.22. The number of H-pyrrole nitrogens is 1. The zero-order valence-electron chi connectivity index (χ0n) is 15.1. The first-order valence-electron chi connectivity index (χ1n) is 9.54. The molecule has 2 fully saturated rings. The van der Waals surface area contributed by atoms with Gasteiger partial charge in [-0.05, 0) is 25.0 Å². The van der Waals surface area contributed by atoms with Crippen molar-refractivity contribution in [2.75, 3.05) is 26.3 Å². The highest BCUT2D eigenvalue weighted by atomic mass is 32.1. The molecule has 5 rings (SSSR count). The summed E-state index contributed by atoms with van der Waals surface area (Å²) in [5, 5.41) is 3.16. The Morgan fingerprint density at radius 2 is 2.00 bits per heavy atom. The molecule has 6 heteroatoms. The summed E-state index contributed by atoms with van der Waals surface area (Å²) in [6.45, 7) is 4.25. The quantitative estimate of drug-likeness (QED) is 0.715. The summed E-state index contributed by atoms with van der Waals surface area (Å²) in [5.41, 5.74) is 4.88. The minimum Gasteiger partial charge on any atom is -0.379 e. The van der Waals surface area contributed by atoms with Crippen molar-refractivity contribution in [3.63, 3.8) is 0 Å². The number of nitrogens with one attached hydrogen (secondary N) is 1. The van der Waals surface area contributed by atoms with Gasteiger partial charge >= 0.3 is 0 Å². The molecule has 1 saturated heterocycles. The Hall–Kier alpha value is -1.76. The molecule has 1 aliphatic heterocycles. The van der Waals surface area contributed by atoms with Gasteiger partial charge in [-0.2, -0.15) is 0 Å². The molecule has 1 aliphatic carbocycles. The van der Waals surface area contributed by atoms with Gasteiger partial charge in [-0.15, -0.1) is 11.3 Å². The average molecular weight is 373 g/mol. The number of aromatic nitrogens is 3. The maximum Gasteiger partial charge on any atom is 0.137 e. The lowest BCUT2D eigenvalue weighted by Crippen LogP contribution is -2.44. The monoisotopic (exact) mass is 372 g/mol. The van der Waals surface area contributed by atoms with Crippen LogP contribution in [0.2, 0.25) is 0 Å². The minimum atomic E-state index is 0. The highest BCUT2D eigenvalue weighted by molar-refractivity contribution is 7.07. The van der Waals surface area contributed by atoms with E-state index in [0.717, 1.165) is 41.5 Å². The van der Waals surface area contributed by atoms with E-state index in [0.29, 0.717) is 0 Å². The third-order valence-electron chi connectivity index (χ3n) is 5.30. The predicted octanol–water partition coefficient (Wildman–Crippen LogP) is 4.58. The lowest BCUT2D eigenvalue weighted by molar-refractivity contribution is 0.00858. The molecule has 3 aromatic rings. The lowest BCUT2D eigenvalue weighted by atomic mass is 9.94. The first kappa shape index (κ1) is 17.6. The zero-order chi connectivity index (χ0) is 17.6. The van der Waals surface area contributed by atoms with E-state index in [2.05, 4.69) is 19.9 Å². The molecule has 5 nitrogen and oxygen atoms in total. The summed E-state index contributed by atoms with van der Waals surface area (Å²) in [6.07, 6.45) is 10.9. The molecule has 2 aliphatic rings. The van der Waals surface area contributed by atoms with Crippen LogP contribution in [0, 0.1) is 0 Å². The maximum atomic E-state index is 5.35. The molecule has 1 N–H and O–H groups in total. The maximum absolute atomic E-state index is 5.35. The van der Waals surface area contributed by atoms with Crippen LogP contribution in [0.25, 0.3) is 22.3 Å². The second kappa shape index (κ2) is 8.75. The second-order valence-electron chi connectivity index (χ2n) is 6.92. The van der Waals surface area contributed by atoms with Crippen LogP contribution in [0.4, 0.5) is 0 Å². The van der Waals surface area contributed by atoms with E-state index >= 15 is 0 Å². The Morgan fingerprint density at radius 1 is 1.15 bits per heavy atom. The molecule has 0 aromatic carbocycles. The Morgan fingerprint density at radius 3 is 2.77 bits per heavy atom. The molecule has 26 heavy (non-hydrogen) atoms. The minimum absolute atomic E-state index is 0. The Balaban J connectivity index is 0.000000152. The van der Waals surface area contributed by atoms with Gasteiger partial charge in [0.1, 0.15) is 5.65 Å². The number of hydrogen-bond acceptors (Lipinski definition) is 5. The smallest absolute Gasteiger partial charge is 0.137 e. The van der Waals surface area contributed by atoms with Crippen molar-refractivity contribution in [3.05, 3.63) is 35.4 Å². The molecule has 0 spiro atoms. The average Bonchev–Trinajstić information content (AvgIpc) is 3.39. The van der Waals surface area contributed by atoms with Gasteiger partial charge in [0.2, 0.25) is 0 Å². The van der Waals surface area contributed by atoms with Crippen LogP contribution < -0.4 is 0 Å². The van der Waals surface area contributed by atoms with Gasteiger partial charge in [0.25, 0.3) is 0 Å². The van der Waals surface area contributed by atoms with Crippen molar-refractivity contribution in [2.24, 2.45) is 0 Å². The van der Waals surface area contributed by atoms with Crippen LogP contribution in [-0.2, 0) is 4.74 Å². The van der Waals surface area contributed by atoms with Gasteiger partial charge in [0.15, 0.2) is 0 Å². The van der Waals surface area contributed by atoms with Crippen molar-refractivity contribution >= 4 is 22.4 Å². The fourth-order valence-electron chi connectivity index (χ4n) is 3.90. The molecule has 0 atom stereocenters. The molecule has 0 radical (unpaired) electrons. The van der Waals surface area contributed by atoms with Crippen LogP contribution in [0.15, 0.2) is 35.4 Å². The summed E-state index contributed by atoms with van der Waals surface area (Å²) in [7, 11) is 0. The fourth-order valence-corrected chi connectivity index (χ4v) is 4.45. The summed E-state index contributed by atoms with van der Waals surface area (Å²) in [5.74, 6) is 0. The Kier molecular flexibility index (Phi) is 5.94. The highest BCUT2D eigenvalue weighted by Crippen LogP contribution is 2.26. The number of rotatable bonds is 2. The van der Waals surface area contributed by atoms with Crippen LogP contribution >= 0.6 is 11.3 Å². The predicted molar refractivity (Wildman–Crippen MR) is 109 cm³/mol. The number of aromatic amines is 1. The molecular formula is C20H28N4OS. The van der Waals surface area contributed by atoms with Crippen molar-refractivity contribution in [3.8, 4) is 11.3 Å². The summed E-state index contributed by atoms with van der Waals surface area (Å²) >= 11 is 1.60. The summed E-state index contributed by atoms with van der Waals surface area (Å²) in [6, 6.07) is 4.88. The van der Waals surface area contributed by atoms with Crippen molar-refractivity contribution in [1.29, 1.82) is 0 Å². The summed E-state index contributed by atoms with van der Waals surface area (Å²) < 4.78 is 5.35. The number of fused-ring (bicyclic) bond motifs is 1. The van der Waals surface area contributed by atoms with E-state index in [1.54, 1.807) is 17.5 Å². The van der Waals surface area contributed by atoms with Crippen molar-refractivity contribution in [2.45, 2.75) is 38.1 Å². The molecular weight excluding hydrogens is 344 g/mol. The topological polar surface area (TPSA) is 54.0 Å². The lowest BCUT2D eigenvalue weighted by Gasteiger charge is -2.36. The number of thiazole rings is 1. The molecule has 0 amide bonds. The van der Waals surface area contributed by atoms with E-state index < -0.39 is 0 Å². The van der Waals surface area contributed by atoms with E-state index in [1.807, 2.05) is 29.2 Å². The van der Waals surface area contributed by atoms with E-state index in [1.165, 1.54) is 45.2 Å². The zero-order valence-corrected chi connectivity index (χ0v) is 15.9. The van der Waals surface area contributed by atoms with Crippen LogP contribution in [0.3, 0.4) is 0 Å². The molecule has 140 valence electrons. The van der Waals surface area contributed by atoms with Crippen LogP contribution in [-0.4, -0.2) is 52.2 Å². The first-order valence-corrected chi connectivity index (χ1v) is 10.5. The molecule has 0 unspecified atom stereocenters. The van der Waals surface area contributed by atoms with E-state index in [-0.39, 0.29) is 1.43 Å². The van der Waals surface area contributed by atoms with Gasteiger partial charge in [0, 0.05) is 49.3 Å². The van der Waals surface area contributed by atoms with Gasteiger partial charge in [-0.25, -0.2) is 9.97 Å². The van der Waals surface area contributed by atoms with Crippen molar-refractivity contribution < 1.29 is 6.16 Å². The molecule has 1 saturated carbocycles. The third kappa shape index (κ3) is 4.14. The number of pyridine rings is 1. The molecule has 4 heterocycles. The van der Waals surface area contributed by atoms with Gasteiger partial charge in [-0.1, -0.05) is 19.3 Å². The Labute approximate surface area is 159 Å². The fraction of sp³-hybridized carbons (Fsp3) is 0.500. The number of ether oxygens (including phenoxy) is 1. The third-order valence-corrected chi connectivity index (χ3v) is 5.88. The largest absolute Gasteiger partial charge is 0.379 e. The van der Waals surface area contributed by atoms with Crippen molar-refractivity contribution in [1.82, 2.24) is 19.9 Å².